The quantitative estimate of drug-likeness (QED) is 0.182. The highest BCUT2D eigenvalue weighted by Crippen LogP contribution is 2.28. The molecule has 204 valence electrons. The lowest BCUT2D eigenvalue weighted by molar-refractivity contribution is 0.0944. The highest BCUT2D eigenvalue weighted by atomic mass is 32.2. The zero-order valence-electron chi connectivity index (χ0n) is 22.7. The molecule has 0 saturated carbocycles. The average molecular weight is 561 g/mol. The second-order valence-electron chi connectivity index (χ2n) is 10.1. The van der Waals surface area contributed by atoms with E-state index in [0.29, 0.717) is 30.5 Å². The van der Waals surface area contributed by atoms with Gasteiger partial charge in [0.25, 0.3) is 5.91 Å². The molecule has 2 aromatic carbocycles. The first-order valence-corrected chi connectivity index (χ1v) is 15.6. The van der Waals surface area contributed by atoms with E-state index in [-0.39, 0.29) is 5.91 Å². The number of hydrogen-bond donors (Lipinski definition) is 1. The Bertz CT molecular complexity index is 1350. The zero-order chi connectivity index (χ0) is 27.0. The molecule has 1 amide bonds. The Kier molecular flexibility index (Phi) is 9.44. The van der Waals surface area contributed by atoms with Gasteiger partial charge in [0, 0.05) is 36.6 Å². The van der Waals surface area contributed by atoms with Gasteiger partial charge in [-0.2, -0.15) is 0 Å². The number of carbonyl (C=O) groups excluding carboxylic acids is 1. The van der Waals surface area contributed by atoms with Crippen LogP contribution in [0.4, 0.5) is 0 Å². The third-order valence-electron chi connectivity index (χ3n) is 7.15. The first-order valence-electron chi connectivity index (χ1n) is 13.7. The highest BCUT2D eigenvalue weighted by molar-refractivity contribution is 7.98. The van der Waals surface area contributed by atoms with E-state index in [2.05, 4.69) is 80.2 Å². The number of piperidine rings is 1. The molecule has 0 aliphatic carbocycles. The minimum Gasteiger partial charge on any atom is -0.351 e. The van der Waals surface area contributed by atoms with Crippen molar-refractivity contribution in [3.05, 3.63) is 87.6 Å². The van der Waals surface area contributed by atoms with Crippen molar-refractivity contribution in [3.8, 4) is 5.69 Å². The van der Waals surface area contributed by atoms with Gasteiger partial charge < -0.3 is 10.2 Å². The Morgan fingerprint density at radius 2 is 1.92 bits per heavy atom. The van der Waals surface area contributed by atoms with E-state index in [1.807, 2.05) is 23.6 Å². The predicted octanol–water partition coefficient (Wildman–Crippen LogP) is 5.91. The largest absolute Gasteiger partial charge is 0.351 e. The van der Waals surface area contributed by atoms with E-state index < -0.39 is 0 Å². The van der Waals surface area contributed by atoms with Crippen LogP contribution in [0, 0.1) is 6.92 Å². The summed E-state index contributed by atoms with van der Waals surface area (Å²) in [7, 11) is 0. The van der Waals surface area contributed by atoms with Crippen molar-refractivity contribution in [1.82, 2.24) is 30.0 Å². The Labute approximate surface area is 239 Å². The number of aryl methyl sites for hydroxylation is 1. The van der Waals surface area contributed by atoms with Crippen molar-refractivity contribution in [3.63, 3.8) is 0 Å². The third-order valence-corrected chi connectivity index (χ3v) is 9.13. The molecular weight excluding hydrogens is 525 g/mol. The maximum atomic E-state index is 12.7. The van der Waals surface area contributed by atoms with Crippen molar-refractivity contribution >= 4 is 29.0 Å². The van der Waals surface area contributed by atoms with Gasteiger partial charge in [0.15, 0.2) is 5.16 Å². The number of thioether (sulfide) groups is 1. The molecule has 1 aliphatic heterocycles. The van der Waals surface area contributed by atoms with E-state index in [4.69, 9.17) is 0 Å². The zero-order valence-corrected chi connectivity index (χ0v) is 24.3. The number of amides is 1. The summed E-state index contributed by atoms with van der Waals surface area (Å²) in [5, 5.41) is 15.7. The van der Waals surface area contributed by atoms with Crippen LogP contribution >= 0.6 is 23.1 Å². The summed E-state index contributed by atoms with van der Waals surface area (Å²) in [5.74, 6) is 1.42. The average Bonchev–Trinajstić information content (AvgIpc) is 3.59. The van der Waals surface area contributed by atoms with Crippen molar-refractivity contribution in [2.45, 2.75) is 62.9 Å². The summed E-state index contributed by atoms with van der Waals surface area (Å²) in [4.78, 5) is 19.8. The second kappa shape index (κ2) is 13.4. The molecule has 1 atom stereocenters. The summed E-state index contributed by atoms with van der Waals surface area (Å²) >= 11 is 3.11. The first kappa shape index (κ1) is 27.6. The normalized spacial score (nSPS) is 15.9. The fourth-order valence-electron chi connectivity index (χ4n) is 4.91. The monoisotopic (exact) mass is 560 g/mol. The lowest BCUT2D eigenvalue weighted by Crippen LogP contribution is -2.39. The highest BCUT2D eigenvalue weighted by Gasteiger charge is 2.19. The molecule has 1 N–H and O–H groups in total. The second-order valence-corrected chi connectivity index (χ2v) is 12.0. The van der Waals surface area contributed by atoms with E-state index in [0.717, 1.165) is 34.6 Å². The molecule has 3 heterocycles. The van der Waals surface area contributed by atoms with Crippen LogP contribution in [0.3, 0.4) is 0 Å². The molecule has 2 aromatic heterocycles. The molecule has 7 nitrogen and oxygen atoms in total. The minimum absolute atomic E-state index is 0.0952. The van der Waals surface area contributed by atoms with Gasteiger partial charge in [-0.3, -0.25) is 9.36 Å². The van der Waals surface area contributed by atoms with E-state index >= 15 is 0 Å². The van der Waals surface area contributed by atoms with Crippen LogP contribution in [0.1, 0.15) is 65.1 Å². The summed E-state index contributed by atoms with van der Waals surface area (Å²) in [6, 6.07) is 19.4. The minimum atomic E-state index is -0.0952. The molecule has 1 fully saturated rings. The van der Waals surface area contributed by atoms with Gasteiger partial charge in [0.05, 0.1) is 5.75 Å². The molecule has 1 saturated heterocycles. The third kappa shape index (κ3) is 7.35. The fourth-order valence-corrected chi connectivity index (χ4v) is 6.68. The van der Waals surface area contributed by atoms with Crippen LogP contribution in [0.15, 0.2) is 65.1 Å². The molecule has 0 spiro atoms. The van der Waals surface area contributed by atoms with Gasteiger partial charge in [0.2, 0.25) is 0 Å². The molecule has 9 heteroatoms. The summed E-state index contributed by atoms with van der Waals surface area (Å²) in [5.41, 5.74) is 3.93. The van der Waals surface area contributed by atoms with Crippen LogP contribution in [-0.2, 0) is 12.2 Å². The van der Waals surface area contributed by atoms with E-state index in [9.17, 15) is 4.79 Å². The maximum Gasteiger partial charge on any atom is 0.270 e. The molecule has 0 radical (unpaired) electrons. The first-order chi connectivity index (χ1) is 19.1. The van der Waals surface area contributed by atoms with Gasteiger partial charge in [-0.25, -0.2) is 4.98 Å². The van der Waals surface area contributed by atoms with Crippen LogP contribution in [0.25, 0.3) is 5.69 Å². The summed E-state index contributed by atoms with van der Waals surface area (Å²) in [6.07, 6.45) is 5.55. The Morgan fingerprint density at radius 3 is 2.72 bits per heavy atom. The van der Waals surface area contributed by atoms with Gasteiger partial charge >= 0.3 is 0 Å². The maximum absolute atomic E-state index is 12.7. The van der Waals surface area contributed by atoms with Crippen LogP contribution < -0.4 is 5.32 Å². The number of nitrogens with zero attached hydrogens (tertiary/aromatic N) is 5. The predicted molar refractivity (Wildman–Crippen MR) is 159 cm³/mol. The summed E-state index contributed by atoms with van der Waals surface area (Å²) < 4.78 is 2.13. The number of benzene rings is 2. The number of thiazole rings is 1. The van der Waals surface area contributed by atoms with Gasteiger partial charge in [-0.1, -0.05) is 66.2 Å². The number of rotatable bonds is 11. The van der Waals surface area contributed by atoms with E-state index in [1.54, 1.807) is 11.8 Å². The lowest BCUT2D eigenvalue weighted by Gasteiger charge is -2.33. The Morgan fingerprint density at radius 1 is 1.10 bits per heavy atom. The Balaban J connectivity index is 1.19. The van der Waals surface area contributed by atoms with Gasteiger partial charge in [0.1, 0.15) is 16.5 Å². The number of carbonyl (C=O) groups is 1. The molecule has 1 aliphatic rings. The molecular formula is C30H36N6OS2. The Hall–Kier alpha value is -3.01. The molecule has 0 bridgehead atoms. The van der Waals surface area contributed by atoms with Crippen LogP contribution in [0.5, 0.6) is 0 Å². The molecule has 1 unspecified atom stereocenters. The smallest absolute Gasteiger partial charge is 0.270 e. The van der Waals surface area contributed by atoms with Crippen LogP contribution in [-0.4, -0.2) is 56.2 Å². The van der Waals surface area contributed by atoms with Crippen molar-refractivity contribution in [2.24, 2.45) is 0 Å². The number of nitrogens with one attached hydrogen (secondary N) is 1. The van der Waals surface area contributed by atoms with Gasteiger partial charge in [-0.05, 0) is 57.4 Å². The lowest BCUT2D eigenvalue weighted by atomic mass is 10.0. The number of likely N-dealkylation sites (tertiary alicyclic amines) is 1. The molecule has 39 heavy (non-hydrogen) atoms. The fraction of sp³-hybridized carbons (Fsp3) is 0.400. The summed E-state index contributed by atoms with van der Waals surface area (Å²) in [6.45, 7) is 7.28. The van der Waals surface area contributed by atoms with E-state index in [1.165, 1.54) is 48.3 Å². The number of hydrogen-bond acceptors (Lipinski definition) is 7. The van der Waals surface area contributed by atoms with Gasteiger partial charge in [-0.15, -0.1) is 21.5 Å². The SMILES string of the molecule is Cc1ccc(-n2c(Cc3ccccc3)nnc2SCc2nc(C(=O)NCCCN3CCCCC3C)cs2)cc1. The topological polar surface area (TPSA) is 75.9 Å². The van der Waals surface area contributed by atoms with Crippen molar-refractivity contribution < 1.29 is 4.79 Å². The number of aromatic nitrogens is 4. The van der Waals surface area contributed by atoms with Crippen molar-refractivity contribution in [2.75, 3.05) is 19.6 Å². The standard InChI is InChI=1S/C30H36N6OS2/c1-22-12-14-25(15-13-22)36-27(19-24-10-4-3-5-11-24)33-34-30(36)39-21-28-32-26(20-38-28)29(37)31-16-8-18-35-17-7-6-9-23(35)2/h3-5,10-15,20,23H,6-9,16-19,21H2,1-2H3,(H,31,37). The van der Waals surface area contributed by atoms with Crippen molar-refractivity contribution in [1.29, 1.82) is 0 Å². The molecule has 4 aromatic rings. The van der Waals surface area contributed by atoms with Crippen LogP contribution in [0.2, 0.25) is 0 Å². The molecule has 5 rings (SSSR count).